The van der Waals surface area contributed by atoms with Gasteiger partial charge in [0.1, 0.15) is 5.75 Å². The quantitative estimate of drug-likeness (QED) is 0.616. The van der Waals surface area contributed by atoms with Gasteiger partial charge in [0.15, 0.2) is 0 Å². The molecule has 0 heterocycles. The van der Waals surface area contributed by atoms with Crippen LogP contribution >= 0.6 is 0 Å². The number of carbonyl (C=O) groups excluding carboxylic acids is 1. The van der Waals surface area contributed by atoms with Gasteiger partial charge in [0.05, 0.1) is 6.61 Å². The second-order valence-electron chi connectivity index (χ2n) is 3.21. The fourth-order valence-electron chi connectivity index (χ4n) is 1.17. The predicted molar refractivity (Wildman–Crippen MR) is 58.8 cm³/mol. The molecule has 0 atom stereocenters. The third kappa shape index (κ3) is 5.38. The lowest BCUT2D eigenvalue weighted by Gasteiger charge is -2.08. The summed E-state index contributed by atoms with van der Waals surface area (Å²) in [5.74, 6) is -0.895. The summed E-state index contributed by atoms with van der Waals surface area (Å²) in [6.07, 6.45) is -2.25. The van der Waals surface area contributed by atoms with Gasteiger partial charge in [-0.2, -0.15) is 0 Å². The van der Waals surface area contributed by atoms with E-state index in [1.54, 1.807) is 13.0 Å². The summed E-state index contributed by atoms with van der Waals surface area (Å²) in [6.45, 7) is 1.89. The monoisotopic (exact) mass is 260 g/mol. The van der Waals surface area contributed by atoms with E-state index in [0.717, 1.165) is 6.08 Å². The van der Waals surface area contributed by atoms with Crippen molar-refractivity contribution in [3.8, 4) is 5.75 Å². The molecule has 6 heteroatoms. The van der Waals surface area contributed by atoms with Gasteiger partial charge >= 0.3 is 12.3 Å². The first-order valence-electron chi connectivity index (χ1n) is 5.11. The number of hydrogen-bond acceptors (Lipinski definition) is 3. The van der Waals surface area contributed by atoms with Crippen molar-refractivity contribution in [2.45, 2.75) is 13.3 Å². The lowest BCUT2D eigenvalue weighted by Crippen LogP contribution is -2.17. The van der Waals surface area contributed by atoms with Crippen LogP contribution in [0.2, 0.25) is 0 Å². The topological polar surface area (TPSA) is 35.5 Å². The molecule has 18 heavy (non-hydrogen) atoms. The summed E-state index contributed by atoms with van der Waals surface area (Å²) in [6, 6.07) is 5.28. The Labute approximate surface area is 102 Å². The molecule has 0 bridgehead atoms. The highest BCUT2D eigenvalue weighted by molar-refractivity contribution is 5.87. The Balaban J connectivity index is 2.73. The van der Waals surface area contributed by atoms with E-state index in [0.29, 0.717) is 5.56 Å². The largest absolute Gasteiger partial charge is 0.573 e. The van der Waals surface area contributed by atoms with Crippen LogP contribution in [0.25, 0.3) is 6.08 Å². The predicted octanol–water partition coefficient (Wildman–Crippen LogP) is 3.16. The highest BCUT2D eigenvalue weighted by atomic mass is 19.4. The van der Waals surface area contributed by atoms with Crippen LogP contribution < -0.4 is 4.74 Å². The van der Waals surface area contributed by atoms with E-state index in [1.807, 2.05) is 0 Å². The van der Waals surface area contributed by atoms with Gasteiger partial charge in [-0.3, -0.25) is 0 Å². The summed E-state index contributed by atoms with van der Waals surface area (Å²) >= 11 is 0. The number of ether oxygens (including phenoxy) is 2. The van der Waals surface area contributed by atoms with Crippen molar-refractivity contribution in [1.82, 2.24) is 0 Å². The van der Waals surface area contributed by atoms with Crippen LogP contribution in [0.4, 0.5) is 13.2 Å². The van der Waals surface area contributed by atoms with Gasteiger partial charge in [0.2, 0.25) is 0 Å². The van der Waals surface area contributed by atoms with E-state index >= 15 is 0 Å². The van der Waals surface area contributed by atoms with Gasteiger partial charge in [0.25, 0.3) is 0 Å². The van der Waals surface area contributed by atoms with E-state index < -0.39 is 12.3 Å². The molecule has 1 rings (SSSR count). The average Bonchev–Trinajstić information content (AvgIpc) is 2.25. The Morgan fingerprint density at radius 1 is 1.39 bits per heavy atom. The lowest BCUT2D eigenvalue weighted by atomic mass is 10.2. The first-order chi connectivity index (χ1) is 8.40. The van der Waals surface area contributed by atoms with Crippen molar-refractivity contribution >= 4 is 12.0 Å². The molecule has 3 nitrogen and oxygen atoms in total. The van der Waals surface area contributed by atoms with Gasteiger partial charge in [-0.15, -0.1) is 13.2 Å². The Morgan fingerprint density at radius 3 is 2.72 bits per heavy atom. The van der Waals surface area contributed by atoms with E-state index in [-0.39, 0.29) is 12.4 Å². The Hall–Kier alpha value is -1.98. The van der Waals surface area contributed by atoms with Crippen LogP contribution in [0.5, 0.6) is 5.75 Å². The maximum atomic E-state index is 12.0. The third-order valence-electron chi connectivity index (χ3n) is 1.79. The number of hydrogen-bond donors (Lipinski definition) is 0. The second kappa shape index (κ2) is 6.09. The fraction of sp³-hybridized carbons (Fsp3) is 0.250. The molecule has 0 unspecified atom stereocenters. The van der Waals surface area contributed by atoms with Gasteiger partial charge in [-0.1, -0.05) is 12.1 Å². The van der Waals surface area contributed by atoms with E-state index in [2.05, 4.69) is 9.47 Å². The Bertz CT molecular complexity index is 438. The summed E-state index contributed by atoms with van der Waals surface area (Å²) in [7, 11) is 0. The van der Waals surface area contributed by atoms with Crippen molar-refractivity contribution in [3.63, 3.8) is 0 Å². The van der Waals surface area contributed by atoms with Gasteiger partial charge in [-0.05, 0) is 30.7 Å². The second-order valence-corrected chi connectivity index (χ2v) is 3.21. The number of carbonyl (C=O) groups is 1. The zero-order valence-corrected chi connectivity index (χ0v) is 9.53. The van der Waals surface area contributed by atoms with E-state index in [4.69, 9.17) is 0 Å². The van der Waals surface area contributed by atoms with Gasteiger partial charge < -0.3 is 9.47 Å². The molecule has 0 aliphatic carbocycles. The molecule has 98 valence electrons. The van der Waals surface area contributed by atoms with Crippen molar-refractivity contribution in [1.29, 1.82) is 0 Å². The molecular weight excluding hydrogens is 249 g/mol. The highest BCUT2D eigenvalue weighted by Crippen LogP contribution is 2.23. The molecular formula is C12H11F3O3. The minimum Gasteiger partial charge on any atom is -0.463 e. The number of benzene rings is 1. The van der Waals surface area contributed by atoms with Crippen LogP contribution in [0.15, 0.2) is 30.3 Å². The highest BCUT2D eigenvalue weighted by Gasteiger charge is 2.30. The van der Waals surface area contributed by atoms with E-state index in [9.17, 15) is 18.0 Å². The lowest BCUT2D eigenvalue weighted by molar-refractivity contribution is -0.274. The first-order valence-corrected chi connectivity index (χ1v) is 5.11. The smallest absolute Gasteiger partial charge is 0.463 e. The minimum atomic E-state index is -4.73. The number of alkyl halides is 3. The summed E-state index contributed by atoms with van der Waals surface area (Å²) in [5.41, 5.74) is 0.407. The number of halogens is 3. The maximum absolute atomic E-state index is 12.0. The van der Waals surface area contributed by atoms with Gasteiger partial charge in [0, 0.05) is 6.08 Å². The summed E-state index contributed by atoms with van der Waals surface area (Å²) in [4.78, 5) is 11.0. The SMILES string of the molecule is CCOC(=O)C=Cc1cccc(OC(F)(F)F)c1. The Morgan fingerprint density at radius 2 is 2.11 bits per heavy atom. The van der Waals surface area contributed by atoms with Crippen molar-refractivity contribution < 1.29 is 27.4 Å². The molecule has 1 aromatic carbocycles. The molecule has 0 aromatic heterocycles. The zero-order chi connectivity index (χ0) is 13.6. The molecule has 0 N–H and O–H groups in total. The van der Waals surface area contributed by atoms with Crippen LogP contribution in [0.1, 0.15) is 12.5 Å². The Kier molecular flexibility index (Phi) is 4.76. The molecule has 1 aromatic rings. The van der Waals surface area contributed by atoms with Crippen molar-refractivity contribution in [2.24, 2.45) is 0 Å². The molecule has 0 aliphatic rings. The van der Waals surface area contributed by atoms with E-state index in [1.165, 1.54) is 24.3 Å². The third-order valence-corrected chi connectivity index (χ3v) is 1.79. The standard InChI is InChI=1S/C12H11F3O3/c1-2-17-11(16)7-6-9-4-3-5-10(8-9)18-12(13,14)15/h3-8H,2H2,1H3. The number of rotatable bonds is 4. The molecule has 0 spiro atoms. The van der Waals surface area contributed by atoms with Crippen molar-refractivity contribution in [2.75, 3.05) is 6.61 Å². The molecule has 0 fully saturated rings. The fourth-order valence-corrected chi connectivity index (χ4v) is 1.17. The van der Waals surface area contributed by atoms with Crippen LogP contribution in [0, 0.1) is 0 Å². The molecule has 0 amide bonds. The first kappa shape index (κ1) is 14.1. The summed E-state index contributed by atoms with van der Waals surface area (Å²) in [5, 5.41) is 0. The van der Waals surface area contributed by atoms with Crippen LogP contribution in [0.3, 0.4) is 0 Å². The average molecular weight is 260 g/mol. The molecule has 0 saturated heterocycles. The van der Waals surface area contributed by atoms with Crippen molar-refractivity contribution in [3.05, 3.63) is 35.9 Å². The maximum Gasteiger partial charge on any atom is 0.573 e. The van der Waals surface area contributed by atoms with Gasteiger partial charge in [-0.25, -0.2) is 4.79 Å². The van der Waals surface area contributed by atoms with Crippen LogP contribution in [-0.4, -0.2) is 18.9 Å². The normalized spacial score (nSPS) is 11.6. The minimum absolute atomic E-state index is 0.237. The molecule has 0 radical (unpaired) electrons. The number of esters is 1. The zero-order valence-electron chi connectivity index (χ0n) is 9.53. The molecule has 0 aliphatic heterocycles. The van der Waals surface area contributed by atoms with Crippen LogP contribution in [-0.2, 0) is 9.53 Å². The summed E-state index contributed by atoms with van der Waals surface area (Å²) < 4.78 is 44.3. The molecule has 0 saturated carbocycles.